The molecule has 0 aliphatic carbocycles. The number of piperidine rings is 1. The van der Waals surface area contributed by atoms with Crippen molar-refractivity contribution in [2.24, 2.45) is 0 Å². The summed E-state index contributed by atoms with van der Waals surface area (Å²) in [6, 6.07) is 7.33. The fourth-order valence-electron chi connectivity index (χ4n) is 2.44. The van der Waals surface area contributed by atoms with Crippen LogP contribution in [0.3, 0.4) is 0 Å². The number of aromatic nitrogens is 1. The Morgan fingerprint density at radius 1 is 1.30 bits per heavy atom. The van der Waals surface area contributed by atoms with Crippen molar-refractivity contribution in [3.63, 3.8) is 0 Å². The van der Waals surface area contributed by atoms with Gasteiger partial charge >= 0.3 is 5.69 Å². The van der Waals surface area contributed by atoms with Gasteiger partial charge in [0.15, 0.2) is 0 Å². The molecule has 0 amide bonds. The fraction of sp³-hybridized carbons (Fsp3) is 0.357. The molecule has 104 valence electrons. The molecule has 0 saturated carbocycles. The molecule has 20 heavy (non-hydrogen) atoms. The van der Waals surface area contributed by atoms with Crippen LogP contribution in [0.15, 0.2) is 30.5 Å². The van der Waals surface area contributed by atoms with Crippen LogP contribution < -0.4 is 10.1 Å². The number of fused-ring (bicyclic) bond motifs is 1. The molecule has 0 bridgehead atoms. The van der Waals surface area contributed by atoms with E-state index >= 15 is 0 Å². The molecule has 1 aromatic heterocycles. The van der Waals surface area contributed by atoms with Gasteiger partial charge in [0.1, 0.15) is 12.3 Å². The quantitative estimate of drug-likeness (QED) is 0.685. The summed E-state index contributed by atoms with van der Waals surface area (Å²) in [5, 5.41) is 15.1. The Labute approximate surface area is 115 Å². The van der Waals surface area contributed by atoms with E-state index in [9.17, 15) is 10.1 Å². The highest BCUT2D eigenvalue weighted by atomic mass is 16.6. The molecule has 1 fully saturated rings. The number of nitro groups is 1. The third kappa shape index (κ3) is 2.42. The smallest absolute Gasteiger partial charge is 0.329 e. The lowest BCUT2D eigenvalue weighted by atomic mass is 10.1. The summed E-state index contributed by atoms with van der Waals surface area (Å²) >= 11 is 0. The van der Waals surface area contributed by atoms with Gasteiger partial charge in [0, 0.05) is 5.39 Å². The van der Waals surface area contributed by atoms with Crippen molar-refractivity contribution in [1.82, 2.24) is 10.3 Å². The van der Waals surface area contributed by atoms with Crippen LogP contribution in [0.5, 0.6) is 5.75 Å². The zero-order valence-corrected chi connectivity index (χ0v) is 10.9. The number of para-hydroxylation sites is 1. The molecule has 1 aromatic carbocycles. The van der Waals surface area contributed by atoms with E-state index in [4.69, 9.17) is 4.74 Å². The average Bonchev–Trinajstić information content (AvgIpc) is 2.48. The van der Waals surface area contributed by atoms with Gasteiger partial charge in [-0.15, -0.1) is 0 Å². The number of hydrogen-bond acceptors (Lipinski definition) is 5. The van der Waals surface area contributed by atoms with Crippen molar-refractivity contribution in [3.05, 3.63) is 40.6 Å². The lowest BCUT2D eigenvalue weighted by molar-refractivity contribution is -0.386. The first-order valence-corrected chi connectivity index (χ1v) is 6.65. The summed E-state index contributed by atoms with van der Waals surface area (Å²) in [4.78, 5) is 14.9. The predicted molar refractivity (Wildman–Crippen MR) is 74.9 cm³/mol. The van der Waals surface area contributed by atoms with Gasteiger partial charge < -0.3 is 10.1 Å². The first kappa shape index (κ1) is 12.8. The Morgan fingerprint density at radius 2 is 2.05 bits per heavy atom. The van der Waals surface area contributed by atoms with Gasteiger partial charge in [-0.25, -0.2) is 4.98 Å². The van der Waals surface area contributed by atoms with E-state index in [1.54, 1.807) is 0 Å². The van der Waals surface area contributed by atoms with Crippen molar-refractivity contribution in [2.75, 3.05) is 13.1 Å². The molecule has 3 rings (SSSR count). The van der Waals surface area contributed by atoms with Gasteiger partial charge in [-0.2, -0.15) is 0 Å². The summed E-state index contributed by atoms with van der Waals surface area (Å²) in [5.41, 5.74) is 0.643. The second kappa shape index (κ2) is 5.42. The Kier molecular flexibility index (Phi) is 3.47. The molecule has 1 saturated heterocycles. The normalized spacial score (nSPS) is 16.2. The molecule has 0 atom stereocenters. The van der Waals surface area contributed by atoms with Crippen LogP contribution in [0.25, 0.3) is 10.9 Å². The Bertz CT molecular complexity index is 639. The lowest BCUT2D eigenvalue weighted by Crippen LogP contribution is -2.34. The van der Waals surface area contributed by atoms with E-state index in [2.05, 4.69) is 10.3 Å². The maximum Gasteiger partial charge on any atom is 0.329 e. The van der Waals surface area contributed by atoms with E-state index in [-0.39, 0.29) is 11.8 Å². The molecule has 6 heteroatoms. The molecule has 1 aliphatic rings. The zero-order valence-electron chi connectivity index (χ0n) is 10.9. The van der Waals surface area contributed by atoms with Crippen LogP contribution in [0.1, 0.15) is 12.8 Å². The van der Waals surface area contributed by atoms with Crippen LogP contribution >= 0.6 is 0 Å². The minimum atomic E-state index is -0.435. The van der Waals surface area contributed by atoms with Gasteiger partial charge in [0.2, 0.25) is 5.75 Å². The summed E-state index contributed by atoms with van der Waals surface area (Å²) < 4.78 is 5.94. The molecular weight excluding hydrogens is 258 g/mol. The van der Waals surface area contributed by atoms with E-state index < -0.39 is 4.92 Å². The summed E-state index contributed by atoms with van der Waals surface area (Å²) in [5.74, 6) is 0.340. The maximum absolute atomic E-state index is 11.2. The number of pyridine rings is 1. The first-order chi connectivity index (χ1) is 9.75. The van der Waals surface area contributed by atoms with Crippen LogP contribution in [0.2, 0.25) is 0 Å². The van der Waals surface area contributed by atoms with Crippen LogP contribution in [-0.2, 0) is 0 Å². The van der Waals surface area contributed by atoms with Gasteiger partial charge in [-0.3, -0.25) is 10.1 Å². The molecule has 0 radical (unpaired) electrons. The monoisotopic (exact) mass is 273 g/mol. The molecular formula is C14H15N3O3. The molecule has 0 spiro atoms. The number of benzene rings is 1. The van der Waals surface area contributed by atoms with Crippen molar-refractivity contribution in [2.45, 2.75) is 18.9 Å². The van der Waals surface area contributed by atoms with Gasteiger partial charge in [0.25, 0.3) is 0 Å². The molecule has 0 unspecified atom stereocenters. The van der Waals surface area contributed by atoms with Crippen molar-refractivity contribution in [1.29, 1.82) is 0 Å². The Balaban J connectivity index is 2.04. The molecule has 1 N–H and O–H groups in total. The number of ether oxygens (including phenoxy) is 1. The Hall–Kier alpha value is -2.21. The van der Waals surface area contributed by atoms with E-state index in [1.807, 2.05) is 24.3 Å². The summed E-state index contributed by atoms with van der Waals surface area (Å²) in [6.45, 7) is 1.75. The summed E-state index contributed by atoms with van der Waals surface area (Å²) in [6.07, 6.45) is 3.00. The zero-order chi connectivity index (χ0) is 13.9. The molecule has 2 aromatic rings. The molecule has 2 heterocycles. The number of hydrogen-bond donors (Lipinski definition) is 1. The predicted octanol–water partition coefficient (Wildman–Crippen LogP) is 2.27. The largest absolute Gasteiger partial charge is 0.483 e. The fourth-order valence-corrected chi connectivity index (χ4v) is 2.44. The minimum Gasteiger partial charge on any atom is -0.483 e. The maximum atomic E-state index is 11.2. The van der Waals surface area contributed by atoms with Gasteiger partial charge in [-0.05, 0) is 38.1 Å². The lowest BCUT2D eigenvalue weighted by Gasteiger charge is -2.24. The average molecular weight is 273 g/mol. The van der Waals surface area contributed by atoms with Crippen molar-refractivity contribution in [3.8, 4) is 5.75 Å². The molecule has 6 nitrogen and oxygen atoms in total. The number of nitrogens with zero attached hydrogens (tertiary/aromatic N) is 2. The first-order valence-electron chi connectivity index (χ1n) is 6.65. The van der Waals surface area contributed by atoms with Crippen molar-refractivity contribution < 1.29 is 9.66 Å². The minimum absolute atomic E-state index is 0.0146. The van der Waals surface area contributed by atoms with Crippen LogP contribution in [-0.4, -0.2) is 29.1 Å². The number of rotatable bonds is 3. The SMILES string of the molecule is O=[N+]([O-])c1cnc2ccccc2c1OC1CCNCC1. The van der Waals surface area contributed by atoms with E-state index in [0.717, 1.165) is 25.9 Å². The van der Waals surface area contributed by atoms with E-state index in [1.165, 1.54) is 6.20 Å². The second-order valence-electron chi connectivity index (χ2n) is 4.81. The topological polar surface area (TPSA) is 77.3 Å². The van der Waals surface area contributed by atoms with Gasteiger partial charge in [-0.1, -0.05) is 12.1 Å². The third-order valence-corrected chi connectivity index (χ3v) is 3.47. The Morgan fingerprint density at radius 3 is 2.80 bits per heavy atom. The van der Waals surface area contributed by atoms with Crippen LogP contribution in [0.4, 0.5) is 5.69 Å². The second-order valence-corrected chi connectivity index (χ2v) is 4.81. The highest BCUT2D eigenvalue weighted by Crippen LogP contribution is 2.35. The van der Waals surface area contributed by atoms with Crippen molar-refractivity contribution >= 4 is 16.6 Å². The van der Waals surface area contributed by atoms with Crippen LogP contribution in [0, 0.1) is 10.1 Å². The van der Waals surface area contributed by atoms with Gasteiger partial charge in [0.05, 0.1) is 10.4 Å². The highest BCUT2D eigenvalue weighted by molar-refractivity contribution is 5.88. The highest BCUT2D eigenvalue weighted by Gasteiger charge is 2.23. The standard InChI is InChI=1S/C14H15N3O3/c18-17(19)13-9-16-12-4-2-1-3-11(12)14(13)20-10-5-7-15-8-6-10/h1-4,9-10,15H,5-8H2. The third-order valence-electron chi connectivity index (χ3n) is 3.47. The molecule has 1 aliphatic heterocycles. The summed E-state index contributed by atoms with van der Waals surface area (Å²) in [7, 11) is 0. The number of nitrogens with one attached hydrogen (secondary N) is 1. The van der Waals surface area contributed by atoms with E-state index in [0.29, 0.717) is 16.7 Å².